The molecule has 1 saturated heterocycles. The molecule has 4 aromatic rings. The molecule has 11 nitrogen and oxygen atoms in total. The molecule has 11 heteroatoms. The van der Waals surface area contributed by atoms with Crippen LogP contribution in [0.15, 0.2) is 16.7 Å². The zero-order valence-electron chi connectivity index (χ0n) is 20.0. The fourth-order valence-corrected chi connectivity index (χ4v) is 4.07. The summed E-state index contributed by atoms with van der Waals surface area (Å²) in [6, 6.07) is 4.33. The van der Waals surface area contributed by atoms with Gasteiger partial charge in [-0.25, -0.2) is 9.97 Å². The minimum absolute atomic E-state index is 0.0115. The van der Waals surface area contributed by atoms with Gasteiger partial charge in [-0.15, -0.1) is 0 Å². The number of rotatable bonds is 6. The summed E-state index contributed by atoms with van der Waals surface area (Å²) in [5.41, 5.74) is 3.79. The van der Waals surface area contributed by atoms with Gasteiger partial charge in [0.05, 0.1) is 12.8 Å². The number of H-pyrrole nitrogens is 1. The van der Waals surface area contributed by atoms with Gasteiger partial charge in [0.1, 0.15) is 28.7 Å². The van der Waals surface area contributed by atoms with Gasteiger partial charge in [0.25, 0.3) is 0 Å². The van der Waals surface area contributed by atoms with Crippen molar-refractivity contribution in [3.8, 4) is 23.0 Å². The highest BCUT2D eigenvalue weighted by atomic mass is 16.5. The van der Waals surface area contributed by atoms with Crippen molar-refractivity contribution in [3.63, 3.8) is 0 Å². The van der Waals surface area contributed by atoms with E-state index in [2.05, 4.69) is 40.2 Å². The Hall–Kier alpha value is -3.76. The number of methoxy groups -OCH3 is 1. The lowest BCUT2D eigenvalue weighted by Crippen LogP contribution is -2.38. The molecule has 0 amide bonds. The predicted molar refractivity (Wildman–Crippen MR) is 125 cm³/mol. The summed E-state index contributed by atoms with van der Waals surface area (Å²) in [4.78, 5) is 20.3. The molecule has 0 atom stereocenters. The zero-order chi connectivity index (χ0) is 23.8. The van der Waals surface area contributed by atoms with Crippen LogP contribution in [0.4, 0.5) is 6.01 Å². The Morgan fingerprint density at radius 1 is 1.09 bits per heavy atom. The van der Waals surface area contributed by atoms with Crippen LogP contribution in [-0.2, 0) is 0 Å². The number of hydrogen-bond acceptors (Lipinski definition) is 10. The standard InChI is InChI=1S/C23H28N8O3/c1-12(2)21-27-23(34-30-21)31-10-8-15(9-11-31)33-22-20-19(25-14(4)26-22)18(28-29-20)16-6-7-17(32-5)24-13(16)3/h6-7,12,15H,8-11H2,1-5H3,(H,28,29). The number of fused-ring (bicyclic) bond motifs is 1. The van der Waals surface area contributed by atoms with Crippen molar-refractivity contribution in [3.05, 3.63) is 29.5 Å². The molecule has 0 saturated carbocycles. The zero-order valence-corrected chi connectivity index (χ0v) is 20.0. The van der Waals surface area contributed by atoms with Gasteiger partial charge in [0.15, 0.2) is 5.82 Å². The average Bonchev–Trinajstić information content (AvgIpc) is 3.47. The molecule has 4 aromatic heterocycles. The Kier molecular flexibility index (Phi) is 5.76. The van der Waals surface area contributed by atoms with Crippen molar-refractivity contribution in [1.82, 2.24) is 35.3 Å². The molecule has 5 rings (SSSR count). The van der Waals surface area contributed by atoms with E-state index in [4.69, 9.17) is 14.0 Å². The topological polar surface area (TPSA) is 128 Å². The van der Waals surface area contributed by atoms with Crippen LogP contribution in [0.3, 0.4) is 0 Å². The maximum absolute atomic E-state index is 6.34. The van der Waals surface area contributed by atoms with Crippen LogP contribution in [0, 0.1) is 13.8 Å². The van der Waals surface area contributed by atoms with Crippen LogP contribution in [0.5, 0.6) is 11.8 Å². The first-order chi connectivity index (χ1) is 16.4. The third-order valence-corrected chi connectivity index (χ3v) is 5.95. The van der Waals surface area contributed by atoms with Crippen LogP contribution in [0.2, 0.25) is 0 Å². The van der Waals surface area contributed by atoms with E-state index in [9.17, 15) is 0 Å². The number of aromatic amines is 1. The lowest BCUT2D eigenvalue weighted by atomic mass is 10.1. The maximum atomic E-state index is 6.34. The predicted octanol–water partition coefficient (Wildman–Crippen LogP) is 3.59. The summed E-state index contributed by atoms with van der Waals surface area (Å²) >= 11 is 0. The van der Waals surface area contributed by atoms with Gasteiger partial charge in [-0.1, -0.05) is 19.0 Å². The molecule has 0 bridgehead atoms. The molecular formula is C23H28N8O3. The van der Waals surface area contributed by atoms with Crippen molar-refractivity contribution < 1.29 is 14.0 Å². The number of ether oxygens (including phenoxy) is 2. The smallest absolute Gasteiger partial charge is 0.324 e. The first kappa shape index (κ1) is 22.1. The van der Waals surface area contributed by atoms with E-state index in [1.54, 1.807) is 7.11 Å². The fraction of sp³-hybridized carbons (Fsp3) is 0.478. The molecule has 5 heterocycles. The number of nitrogens with one attached hydrogen (secondary N) is 1. The van der Waals surface area contributed by atoms with Gasteiger partial charge in [-0.2, -0.15) is 15.1 Å². The molecule has 0 spiro atoms. The van der Waals surface area contributed by atoms with Gasteiger partial charge in [-0.05, 0) is 19.9 Å². The number of pyridine rings is 1. The second-order valence-electron chi connectivity index (χ2n) is 8.75. The van der Waals surface area contributed by atoms with Crippen LogP contribution in [-0.4, -0.2) is 61.6 Å². The number of anilines is 1. The highest BCUT2D eigenvalue weighted by molar-refractivity contribution is 5.92. The maximum Gasteiger partial charge on any atom is 0.324 e. The van der Waals surface area contributed by atoms with E-state index < -0.39 is 0 Å². The van der Waals surface area contributed by atoms with Gasteiger partial charge in [0.2, 0.25) is 11.8 Å². The summed E-state index contributed by atoms with van der Waals surface area (Å²) in [5, 5.41) is 11.7. The third-order valence-electron chi connectivity index (χ3n) is 5.95. The van der Waals surface area contributed by atoms with Crippen LogP contribution in [0.1, 0.15) is 49.9 Å². The highest BCUT2D eigenvalue weighted by Gasteiger charge is 2.26. The van der Waals surface area contributed by atoms with Crippen molar-refractivity contribution in [2.45, 2.75) is 52.6 Å². The Bertz CT molecular complexity index is 1310. The van der Waals surface area contributed by atoms with Gasteiger partial charge < -0.3 is 18.9 Å². The van der Waals surface area contributed by atoms with Crippen molar-refractivity contribution in [1.29, 1.82) is 0 Å². The van der Waals surface area contributed by atoms with Gasteiger partial charge >= 0.3 is 6.01 Å². The molecule has 0 unspecified atom stereocenters. The molecule has 1 aliphatic heterocycles. The molecular weight excluding hydrogens is 436 g/mol. The van der Waals surface area contributed by atoms with Crippen molar-refractivity contribution in [2.24, 2.45) is 0 Å². The minimum Gasteiger partial charge on any atom is -0.481 e. The largest absolute Gasteiger partial charge is 0.481 e. The summed E-state index contributed by atoms with van der Waals surface area (Å²) in [6.45, 7) is 9.40. The van der Waals surface area contributed by atoms with Crippen LogP contribution < -0.4 is 14.4 Å². The molecule has 1 N–H and O–H groups in total. The van der Waals surface area contributed by atoms with Gasteiger partial charge in [-0.3, -0.25) is 5.10 Å². The van der Waals surface area contributed by atoms with E-state index in [0.717, 1.165) is 43.0 Å². The number of aryl methyl sites for hydroxylation is 2. The van der Waals surface area contributed by atoms with Crippen molar-refractivity contribution >= 4 is 17.0 Å². The van der Waals surface area contributed by atoms with Crippen LogP contribution >= 0.6 is 0 Å². The number of nitrogens with zero attached hydrogens (tertiary/aromatic N) is 7. The van der Waals surface area contributed by atoms with Crippen molar-refractivity contribution in [2.75, 3.05) is 25.1 Å². The number of aromatic nitrogens is 7. The Labute approximate surface area is 196 Å². The summed E-state index contributed by atoms with van der Waals surface area (Å²) < 4.78 is 17.0. The molecule has 0 radical (unpaired) electrons. The van der Waals surface area contributed by atoms with E-state index in [-0.39, 0.29) is 12.0 Å². The van der Waals surface area contributed by atoms with E-state index >= 15 is 0 Å². The lowest BCUT2D eigenvalue weighted by molar-refractivity contribution is 0.163. The normalized spacial score (nSPS) is 14.8. The van der Waals surface area contributed by atoms with E-state index in [1.807, 2.05) is 39.8 Å². The molecule has 34 heavy (non-hydrogen) atoms. The summed E-state index contributed by atoms with van der Waals surface area (Å²) in [5.74, 6) is 2.65. The SMILES string of the molecule is COc1ccc(-c2n[nH]c3c(OC4CCN(c5nc(C(C)C)no5)CC4)nc(C)nc23)c(C)n1. The summed E-state index contributed by atoms with van der Waals surface area (Å²) in [7, 11) is 1.60. The molecule has 0 aromatic carbocycles. The Balaban J connectivity index is 1.35. The minimum atomic E-state index is 0.0115. The van der Waals surface area contributed by atoms with E-state index in [0.29, 0.717) is 40.3 Å². The average molecular weight is 465 g/mol. The number of piperidine rings is 1. The van der Waals surface area contributed by atoms with E-state index in [1.165, 1.54) is 0 Å². The summed E-state index contributed by atoms with van der Waals surface area (Å²) in [6.07, 6.45) is 1.64. The molecule has 0 aliphatic carbocycles. The number of hydrogen-bond donors (Lipinski definition) is 1. The van der Waals surface area contributed by atoms with Crippen LogP contribution in [0.25, 0.3) is 22.3 Å². The molecule has 178 valence electrons. The second-order valence-corrected chi connectivity index (χ2v) is 8.75. The first-order valence-corrected chi connectivity index (χ1v) is 11.4. The highest BCUT2D eigenvalue weighted by Crippen LogP contribution is 2.32. The Morgan fingerprint density at radius 2 is 1.88 bits per heavy atom. The third kappa shape index (κ3) is 4.13. The fourth-order valence-electron chi connectivity index (χ4n) is 4.07. The lowest BCUT2D eigenvalue weighted by Gasteiger charge is -2.30. The van der Waals surface area contributed by atoms with Gasteiger partial charge in [0, 0.05) is 43.5 Å². The first-order valence-electron chi connectivity index (χ1n) is 11.4. The molecule has 1 aliphatic rings. The molecule has 1 fully saturated rings. The Morgan fingerprint density at radius 3 is 2.56 bits per heavy atom. The second kappa shape index (κ2) is 8.88. The quantitative estimate of drug-likeness (QED) is 0.452. The monoisotopic (exact) mass is 464 g/mol.